The Morgan fingerprint density at radius 3 is 2.66 bits per heavy atom. The highest BCUT2D eigenvalue weighted by atomic mass is 16.2. The molecule has 2 aliphatic heterocycles. The Morgan fingerprint density at radius 1 is 1.07 bits per heavy atom. The van der Waals surface area contributed by atoms with Crippen LogP contribution in [0.1, 0.15) is 45.8 Å². The van der Waals surface area contributed by atoms with Crippen LogP contribution in [0.4, 0.5) is 0 Å². The van der Waals surface area contributed by atoms with Gasteiger partial charge in [-0.15, -0.1) is 0 Å². The number of fused-ring (bicyclic) bond motifs is 1. The molecule has 8 heteroatoms. The van der Waals surface area contributed by atoms with Crippen LogP contribution in [-0.2, 0) is 17.9 Å². The van der Waals surface area contributed by atoms with Crippen molar-refractivity contribution in [2.75, 3.05) is 26.2 Å². The van der Waals surface area contributed by atoms with E-state index in [1.54, 1.807) is 15.6 Å². The van der Waals surface area contributed by atoms with Gasteiger partial charge in [0.15, 0.2) is 5.69 Å². The molecular formula is C21H25N5O3. The molecule has 0 spiro atoms. The van der Waals surface area contributed by atoms with E-state index in [4.69, 9.17) is 0 Å². The fourth-order valence-electron chi connectivity index (χ4n) is 3.81. The minimum absolute atomic E-state index is 0.112. The van der Waals surface area contributed by atoms with Gasteiger partial charge in [0.2, 0.25) is 5.91 Å². The number of aromatic nitrogens is 2. The number of nitrogens with one attached hydrogen (secondary N) is 1. The number of likely N-dealkylation sites (tertiary alicyclic amines) is 1. The highest BCUT2D eigenvalue weighted by molar-refractivity contribution is 5.98. The molecular weight excluding hydrogens is 370 g/mol. The summed E-state index contributed by atoms with van der Waals surface area (Å²) >= 11 is 0. The first kappa shape index (κ1) is 19.2. The van der Waals surface area contributed by atoms with E-state index in [0.717, 1.165) is 18.5 Å². The van der Waals surface area contributed by atoms with E-state index in [2.05, 4.69) is 10.4 Å². The summed E-state index contributed by atoms with van der Waals surface area (Å²) in [6, 6.07) is 11.4. The van der Waals surface area contributed by atoms with Crippen molar-refractivity contribution in [3.63, 3.8) is 0 Å². The lowest BCUT2D eigenvalue weighted by molar-refractivity contribution is -0.127. The van der Waals surface area contributed by atoms with E-state index in [1.165, 1.54) is 0 Å². The Bertz CT molecular complexity index is 908. The molecule has 2 aliphatic rings. The number of nitrogens with zero attached hydrogens (tertiary/aromatic N) is 4. The zero-order chi connectivity index (χ0) is 20.2. The third kappa shape index (κ3) is 4.31. The number of hydrogen-bond donors (Lipinski definition) is 1. The first-order valence-corrected chi connectivity index (χ1v) is 10.1. The quantitative estimate of drug-likeness (QED) is 0.716. The maximum Gasteiger partial charge on any atom is 0.272 e. The minimum Gasteiger partial charge on any atom is -0.351 e. The predicted molar refractivity (Wildman–Crippen MR) is 106 cm³/mol. The van der Waals surface area contributed by atoms with Crippen LogP contribution in [0, 0.1) is 0 Å². The summed E-state index contributed by atoms with van der Waals surface area (Å²) in [5.74, 6) is -0.210. The number of amides is 3. The average molecular weight is 395 g/mol. The van der Waals surface area contributed by atoms with Gasteiger partial charge in [0, 0.05) is 45.2 Å². The third-order valence-electron chi connectivity index (χ3n) is 5.38. The molecule has 1 aromatic heterocycles. The summed E-state index contributed by atoms with van der Waals surface area (Å²) in [6.45, 7) is 3.61. The molecule has 0 bridgehead atoms. The zero-order valence-electron chi connectivity index (χ0n) is 16.3. The van der Waals surface area contributed by atoms with Crippen LogP contribution >= 0.6 is 0 Å². The normalized spacial score (nSPS) is 16.3. The van der Waals surface area contributed by atoms with Gasteiger partial charge >= 0.3 is 0 Å². The Hall–Kier alpha value is -3.16. The van der Waals surface area contributed by atoms with Crippen molar-refractivity contribution in [3.8, 4) is 0 Å². The highest BCUT2D eigenvalue weighted by Gasteiger charge is 2.28. The van der Waals surface area contributed by atoms with Crippen molar-refractivity contribution >= 4 is 17.7 Å². The maximum absolute atomic E-state index is 12.8. The second kappa shape index (κ2) is 8.46. The van der Waals surface area contributed by atoms with Gasteiger partial charge in [-0.3, -0.25) is 19.1 Å². The molecule has 8 nitrogen and oxygen atoms in total. The van der Waals surface area contributed by atoms with Gasteiger partial charge in [-0.25, -0.2) is 0 Å². The SMILES string of the molecule is O=C(NCCCN1CCCC1=O)c1cc2n(n1)CCN(Cc1ccccc1)C2=O. The summed E-state index contributed by atoms with van der Waals surface area (Å²) in [4.78, 5) is 40.4. The average Bonchev–Trinajstić information content (AvgIpc) is 3.35. The van der Waals surface area contributed by atoms with Crippen LogP contribution in [0.5, 0.6) is 0 Å². The Kier molecular flexibility index (Phi) is 5.59. The molecule has 0 atom stereocenters. The first-order valence-electron chi connectivity index (χ1n) is 10.1. The van der Waals surface area contributed by atoms with Crippen molar-refractivity contribution in [3.05, 3.63) is 53.3 Å². The first-order chi connectivity index (χ1) is 14.1. The molecule has 3 heterocycles. The Balaban J connectivity index is 1.31. The standard InChI is InChI=1S/C21H25N5O3/c27-19-8-4-10-24(19)11-5-9-22-20(28)17-14-18-21(29)25(12-13-26(18)23-17)15-16-6-2-1-3-7-16/h1-3,6-7,14H,4-5,8-13,15H2,(H,22,28). The minimum atomic E-state index is -0.290. The van der Waals surface area contributed by atoms with E-state index >= 15 is 0 Å². The lowest BCUT2D eigenvalue weighted by Crippen LogP contribution is -2.39. The molecule has 1 fully saturated rings. The lowest BCUT2D eigenvalue weighted by atomic mass is 10.2. The molecule has 3 amide bonds. The van der Waals surface area contributed by atoms with E-state index < -0.39 is 0 Å². The second-order valence-corrected chi connectivity index (χ2v) is 7.44. The monoisotopic (exact) mass is 395 g/mol. The molecule has 1 saturated heterocycles. The van der Waals surface area contributed by atoms with Gasteiger partial charge in [0.1, 0.15) is 5.69 Å². The van der Waals surface area contributed by atoms with Crippen LogP contribution in [0.3, 0.4) is 0 Å². The van der Waals surface area contributed by atoms with Crippen molar-refractivity contribution in [2.24, 2.45) is 0 Å². The molecule has 0 aliphatic carbocycles. The third-order valence-corrected chi connectivity index (χ3v) is 5.38. The van der Waals surface area contributed by atoms with E-state index in [1.807, 2.05) is 35.2 Å². The topological polar surface area (TPSA) is 87.5 Å². The number of carbonyl (C=O) groups is 3. The van der Waals surface area contributed by atoms with Crippen LogP contribution in [0.2, 0.25) is 0 Å². The molecule has 0 radical (unpaired) electrons. The van der Waals surface area contributed by atoms with Crippen LogP contribution in [0.15, 0.2) is 36.4 Å². The molecule has 2 aromatic rings. The van der Waals surface area contributed by atoms with E-state index in [0.29, 0.717) is 51.3 Å². The fraction of sp³-hybridized carbons (Fsp3) is 0.429. The second-order valence-electron chi connectivity index (χ2n) is 7.44. The summed E-state index contributed by atoms with van der Waals surface area (Å²) in [6.07, 6.45) is 2.25. The van der Waals surface area contributed by atoms with Gasteiger partial charge in [0.05, 0.1) is 6.54 Å². The number of rotatable bonds is 7. The largest absolute Gasteiger partial charge is 0.351 e. The van der Waals surface area contributed by atoms with Gasteiger partial charge in [-0.1, -0.05) is 30.3 Å². The summed E-state index contributed by atoms with van der Waals surface area (Å²) in [5, 5.41) is 7.14. The van der Waals surface area contributed by atoms with Crippen molar-refractivity contribution in [2.45, 2.75) is 32.4 Å². The van der Waals surface area contributed by atoms with Crippen LogP contribution in [-0.4, -0.2) is 63.5 Å². The van der Waals surface area contributed by atoms with E-state index in [-0.39, 0.29) is 23.4 Å². The van der Waals surface area contributed by atoms with Crippen molar-refractivity contribution in [1.82, 2.24) is 24.9 Å². The highest BCUT2D eigenvalue weighted by Crippen LogP contribution is 2.16. The molecule has 4 rings (SSSR count). The van der Waals surface area contributed by atoms with Gasteiger partial charge in [-0.05, 0) is 18.4 Å². The molecule has 1 aromatic carbocycles. The molecule has 0 unspecified atom stereocenters. The van der Waals surface area contributed by atoms with Crippen molar-refractivity contribution < 1.29 is 14.4 Å². The number of hydrogen-bond acceptors (Lipinski definition) is 4. The van der Waals surface area contributed by atoms with Gasteiger partial charge in [0.25, 0.3) is 11.8 Å². The van der Waals surface area contributed by atoms with Gasteiger partial charge in [-0.2, -0.15) is 5.10 Å². The molecule has 29 heavy (non-hydrogen) atoms. The number of benzene rings is 1. The summed E-state index contributed by atoms with van der Waals surface area (Å²) in [5.41, 5.74) is 1.77. The van der Waals surface area contributed by atoms with Crippen LogP contribution in [0.25, 0.3) is 0 Å². The molecule has 1 N–H and O–H groups in total. The zero-order valence-corrected chi connectivity index (χ0v) is 16.3. The van der Waals surface area contributed by atoms with E-state index in [9.17, 15) is 14.4 Å². The molecule has 152 valence electrons. The number of carbonyl (C=O) groups excluding carboxylic acids is 3. The fourth-order valence-corrected chi connectivity index (χ4v) is 3.81. The van der Waals surface area contributed by atoms with Crippen LogP contribution < -0.4 is 5.32 Å². The Morgan fingerprint density at radius 2 is 1.90 bits per heavy atom. The summed E-state index contributed by atoms with van der Waals surface area (Å²) in [7, 11) is 0. The molecule has 0 saturated carbocycles. The predicted octanol–water partition coefficient (Wildman–Crippen LogP) is 1.28. The maximum atomic E-state index is 12.8. The Labute approximate surface area is 169 Å². The lowest BCUT2D eigenvalue weighted by Gasteiger charge is -2.27. The van der Waals surface area contributed by atoms with Crippen molar-refractivity contribution in [1.29, 1.82) is 0 Å². The smallest absolute Gasteiger partial charge is 0.272 e. The summed E-state index contributed by atoms with van der Waals surface area (Å²) < 4.78 is 1.61. The van der Waals surface area contributed by atoms with Gasteiger partial charge < -0.3 is 15.1 Å².